The molecule has 108 valence electrons. The molecule has 0 aliphatic carbocycles. The first-order valence-corrected chi connectivity index (χ1v) is 8.54. The van der Waals surface area contributed by atoms with Gasteiger partial charge in [0.2, 0.25) is 0 Å². The Kier molecular flexibility index (Phi) is 6.19. The molecule has 1 heterocycles. The third-order valence-electron chi connectivity index (χ3n) is 3.13. The van der Waals surface area contributed by atoms with Crippen molar-refractivity contribution in [2.24, 2.45) is 0 Å². The van der Waals surface area contributed by atoms with E-state index in [4.69, 9.17) is 34.8 Å². The zero-order valence-electron chi connectivity index (χ0n) is 11.1. The van der Waals surface area contributed by atoms with Gasteiger partial charge in [0, 0.05) is 28.0 Å². The van der Waals surface area contributed by atoms with E-state index in [1.165, 1.54) is 4.88 Å². The molecule has 2 rings (SSSR count). The number of rotatable bonds is 6. The van der Waals surface area contributed by atoms with Crippen molar-refractivity contribution >= 4 is 46.1 Å². The second-order valence-electron chi connectivity index (χ2n) is 4.56. The van der Waals surface area contributed by atoms with Crippen LogP contribution in [0.25, 0.3) is 0 Å². The van der Waals surface area contributed by atoms with Gasteiger partial charge in [-0.15, -0.1) is 11.3 Å². The van der Waals surface area contributed by atoms with Crippen molar-refractivity contribution < 1.29 is 0 Å². The second-order valence-corrected chi connectivity index (χ2v) is 6.73. The van der Waals surface area contributed by atoms with E-state index in [1.54, 1.807) is 23.5 Å². The molecule has 1 atom stereocenters. The van der Waals surface area contributed by atoms with Gasteiger partial charge in [0.05, 0.1) is 10.0 Å². The third kappa shape index (κ3) is 3.90. The molecule has 1 nitrogen and oxygen atoms in total. The monoisotopic (exact) mass is 347 g/mol. The van der Waals surface area contributed by atoms with Crippen molar-refractivity contribution in [2.75, 3.05) is 0 Å². The van der Waals surface area contributed by atoms with Crippen molar-refractivity contribution in [2.45, 2.75) is 32.4 Å². The van der Waals surface area contributed by atoms with Crippen LogP contribution < -0.4 is 5.32 Å². The minimum atomic E-state index is 0.325. The number of benzene rings is 1. The molecule has 0 aliphatic heterocycles. The molecule has 0 saturated carbocycles. The summed E-state index contributed by atoms with van der Waals surface area (Å²) in [5, 5.41) is 7.35. The summed E-state index contributed by atoms with van der Waals surface area (Å²) >= 11 is 20.2. The lowest BCUT2D eigenvalue weighted by Crippen LogP contribution is -2.20. The van der Waals surface area contributed by atoms with Crippen LogP contribution in [0.4, 0.5) is 0 Å². The number of halogens is 3. The predicted molar refractivity (Wildman–Crippen MR) is 90.3 cm³/mol. The summed E-state index contributed by atoms with van der Waals surface area (Å²) in [7, 11) is 0. The fourth-order valence-electron chi connectivity index (χ4n) is 2.08. The van der Waals surface area contributed by atoms with Gasteiger partial charge < -0.3 is 5.32 Å². The van der Waals surface area contributed by atoms with Crippen molar-refractivity contribution in [1.82, 2.24) is 5.32 Å². The Morgan fingerprint density at radius 2 is 1.90 bits per heavy atom. The maximum atomic E-state index is 6.23. The standard InChI is InChI=1S/C15H16Cl3NS/c1-2-4-13(14-5-3-8-20-14)19-9-10-11(16)6-7-12(17)15(10)18/h3,5-8,13,19H,2,4,9H2,1H3. The normalized spacial score (nSPS) is 12.6. The highest BCUT2D eigenvalue weighted by atomic mass is 35.5. The largest absolute Gasteiger partial charge is 0.305 e. The number of hydrogen-bond acceptors (Lipinski definition) is 2. The zero-order chi connectivity index (χ0) is 14.5. The molecule has 1 aromatic carbocycles. The van der Waals surface area contributed by atoms with E-state index in [-0.39, 0.29) is 0 Å². The summed E-state index contributed by atoms with van der Waals surface area (Å²) in [5.41, 5.74) is 0.860. The lowest BCUT2D eigenvalue weighted by molar-refractivity contribution is 0.500. The Labute approximate surface area is 138 Å². The summed E-state index contributed by atoms with van der Waals surface area (Å²) in [4.78, 5) is 1.33. The summed E-state index contributed by atoms with van der Waals surface area (Å²) in [6.45, 7) is 2.79. The Balaban J connectivity index is 2.12. The minimum absolute atomic E-state index is 0.325. The van der Waals surface area contributed by atoms with Crippen molar-refractivity contribution in [3.05, 3.63) is 55.2 Å². The van der Waals surface area contributed by atoms with Crippen molar-refractivity contribution in [3.8, 4) is 0 Å². The lowest BCUT2D eigenvalue weighted by atomic mass is 10.1. The van der Waals surface area contributed by atoms with Crippen LogP contribution in [0.15, 0.2) is 29.6 Å². The van der Waals surface area contributed by atoms with Crippen LogP contribution >= 0.6 is 46.1 Å². The molecule has 0 saturated heterocycles. The molecule has 1 aromatic heterocycles. The van der Waals surface area contributed by atoms with Gasteiger partial charge in [-0.05, 0) is 30.0 Å². The fraction of sp³-hybridized carbons (Fsp3) is 0.333. The van der Waals surface area contributed by atoms with E-state index in [0.29, 0.717) is 27.7 Å². The van der Waals surface area contributed by atoms with Crippen LogP contribution in [-0.4, -0.2) is 0 Å². The molecule has 0 amide bonds. The quantitative estimate of drug-likeness (QED) is 0.601. The first kappa shape index (κ1) is 16.1. The molecule has 0 radical (unpaired) electrons. The Bertz CT molecular complexity index is 554. The molecule has 0 fully saturated rings. The van der Waals surface area contributed by atoms with Gasteiger partial charge in [0.15, 0.2) is 0 Å². The summed E-state index contributed by atoms with van der Waals surface area (Å²) in [5.74, 6) is 0. The number of thiophene rings is 1. The van der Waals surface area contributed by atoms with E-state index in [9.17, 15) is 0 Å². The van der Waals surface area contributed by atoms with Gasteiger partial charge in [-0.1, -0.05) is 54.2 Å². The Morgan fingerprint density at radius 3 is 2.55 bits per heavy atom. The fourth-order valence-corrected chi connectivity index (χ4v) is 3.60. The Hall–Kier alpha value is -0.250. The first-order valence-electron chi connectivity index (χ1n) is 6.52. The topological polar surface area (TPSA) is 12.0 Å². The molecular weight excluding hydrogens is 333 g/mol. The number of nitrogens with one attached hydrogen (secondary N) is 1. The highest BCUT2D eigenvalue weighted by Crippen LogP contribution is 2.32. The highest BCUT2D eigenvalue weighted by Gasteiger charge is 2.14. The summed E-state index contributed by atoms with van der Waals surface area (Å²) in [6.07, 6.45) is 2.20. The van der Waals surface area contributed by atoms with Crippen LogP contribution in [-0.2, 0) is 6.54 Å². The van der Waals surface area contributed by atoms with Crippen LogP contribution in [0.1, 0.15) is 36.2 Å². The molecule has 0 spiro atoms. The Morgan fingerprint density at radius 1 is 1.15 bits per heavy atom. The van der Waals surface area contributed by atoms with Crippen LogP contribution in [0.2, 0.25) is 15.1 Å². The van der Waals surface area contributed by atoms with Crippen molar-refractivity contribution in [3.63, 3.8) is 0 Å². The van der Waals surface area contributed by atoms with Gasteiger partial charge in [-0.2, -0.15) is 0 Å². The summed E-state index contributed by atoms with van der Waals surface area (Å²) < 4.78 is 0. The maximum Gasteiger partial charge on any atom is 0.0652 e. The maximum absolute atomic E-state index is 6.23. The van der Waals surface area contributed by atoms with E-state index in [0.717, 1.165) is 18.4 Å². The van der Waals surface area contributed by atoms with Crippen molar-refractivity contribution in [1.29, 1.82) is 0 Å². The first-order chi connectivity index (χ1) is 9.63. The smallest absolute Gasteiger partial charge is 0.0652 e. The van der Waals surface area contributed by atoms with Gasteiger partial charge in [-0.3, -0.25) is 0 Å². The molecule has 5 heteroatoms. The molecule has 20 heavy (non-hydrogen) atoms. The van der Waals surface area contributed by atoms with Gasteiger partial charge in [0.25, 0.3) is 0 Å². The van der Waals surface area contributed by atoms with Gasteiger partial charge in [0.1, 0.15) is 0 Å². The molecule has 0 bridgehead atoms. The van der Waals surface area contributed by atoms with Gasteiger partial charge >= 0.3 is 0 Å². The SMILES string of the molecule is CCCC(NCc1c(Cl)ccc(Cl)c1Cl)c1cccs1. The minimum Gasteiger partial charge on any atom is -0.305 e. The third-order valence-corrected chi connectivity index (χ3v) is 5.31. The van der Waals surface area contributed by atoms with E-state index < -0.39 is 0 Å². The molecule has 1 N–H and O–H groups in total. The second kappa shape index (κ2) is 7.67. The molecule has 2 aromatic rings. The van der Waals surface area contributed by atoms with Crippen LogP contribution in [0.5, 0.6) is 0 Å². The average molecular weight is 349 g/mol. The average Bonchev–Trinajstić information content (AvgIpc) is 2.96. The van der Waals surface area contributed by atoms with E-state index >= 15 is 0 Å². The number of hydrogen-bond donors (Lipinski definition) is 1. The van der Waals surface area contributed by atoms with Gasteiger partial charge in [-0.25, -0.2) is 0 Å². The van der Waals surface area contributed by atoms with Crippen LogP contribution in [0.3, 0.4) is 0 Å². The molecular formula is C15H16Cl3NS. The van der Waals surface area contributed by atoms with E-state index in [2.05, 4.69) is 29.8 Å². The predicted octanol–water partition coefficient (Wildman–Crippen LogP) is 6.34. The summed E-state index contributed by atoms with van der Waals surface area (Å²) in [6, 6.07) is 8.06. The molecule has 0 aliphatic rings. The molecule has 1 unspecified atom stereocenters. The highest BCUT2D eigenvalue weighted by molar-refractivity contribution is 7.10. The lowest BCUT2D eigenvalue weighted by Gasteiger charge is -2.18. The zero-order valence-corrected chi connectivity index (χ0v) is 14.2. The van der Waals surface area contributed by atoms with Crippen LogP contribution in [0, 0.1) is 0 Å². The van der Waals surface area contributed by atoms with E-state index in [1.807, 2.05) is 0 Å².